The van der Waals surface area contributed by atoms with Gasteiger partial charge in [0.1, 0.15) is 0 Å². The Morgan fingerprint density at radius 1 is 0.725 bits per heavy atom. The van der Waals surface area contributed by atoms with E-state index in [0.717, 1.165) is 16.2 Å². The molecule has 0 radical (unpaired) electrons. The summed E-state index contributed by atoms with van der Waals surface area (Å²) in [5.41, 5.74) is 12.0. The molecule has 2 aliphatic carbocycles. The van der Waals surface area contributed by atoms with Crippen molar-refractivity contribution in [1.82, 2.24) is 0 Å². The van der Waals surface area contributed by atoms with Crippen LogP contribution in [0.15, 0.2) is 128 Å². The molecule has 0 nitrogen and oxygen atoms in total. The van der Waals surface area contributed by atoms with Gasteiger partial charge in [-0.15, -0.1) is 11.3 Å². The molecule has 1 atom stereocenters. The highest BCUT2D eigenvalue weighted by atomic mass is 35.5. The molecule has 5 aromatic carbocycles. The molecule has 2 heteroatoms. The van der Waals surface area contributed by atoms with Crippen LogP contribution >= 0.6 is 22.9 Å². The first-order chi connectivity index (χ1) is 19.6. The van der Waals surface area contributed by atoms with E-state index in [1.165, 1.54) is 64.7 Å². The number of hydrogen-bond acceptors (Lipinski definition) is 1. The normalized spacial score (nSPS) is 16.8. The first kappa shape index (κ1) is 23.7. The summed E-state index contributed by atoms with van der Waals surface area (Å²) < 4.78 is 2.64. The van der Waals surface area contributed by atoms with Gasteiger partial charge in [0.15, 0.2) is 0 Å². The molecule has 1 spiro atoms. The van der Waals surface area contributed by atoms with Gasteiger partial charge in [0.2, 0.25) is 0 Å². The van der Waals surface area contributed by atoms with Crippen LogP contribution in [0.3, 0.4) is 0 Å². The molecule has 2 aliphatic rings. The fourth-order valence-electron chi connectivity index (χ4n) is 7.04. The highest BCUT2D eigenvalue weighted by molar-refractivity contribution is 7.26. The molecule has 6 aromatic rings. The molecule has 0 amide bonds. The van der Waals surface area contributed by atoms with E-state index in [1.807, 2.05) is 36.5 Å². The van der Waals surface area contributed by atoms with E-state index in [-0.39, 0.29) is 0 Å². The first-order valence-corrected chi connectivity index (χ1v) is 14.8. The van der Waals surface area contributed by atoms with Gasteiger partial charge < -0.3 is 0 Å². The fourth-order valence-corrected chi connectivity index (χ4v) is 8.32. The van der Waals surface area contributed by atoms with Crippen molar-refractivity contribution in [3.8, 4) is 22.3 Å². The van der Waals surface area contributed by atoms with Crippen LogP contribution in [0.25, 0.3) is 48.0 Å². The highest BCUT2D eigenvalue weighted by Gasteiger charge is 2.52. The van der Waals surface area contributed by atoms with Crippen molar-refractivity contribution >= 4 is 48.7 Å². The number of allylic oxidation sites excluding steroid dienone is 5. The zero-order chi connectivity index (χ0) is 27.0. The molecule has 0 N–H and O–H groups in total. The average Bonchev–Trinajstić information content (AvgIpc) is 3.60. The van der Waals surface area contributed by atoms with Gasteiger partial charge in [-0.2, -0.15) is 0 Å². The molecule has 0 saturated carbocycles. The van der Waals surface area contributed by atoms with Gasteiger partial charge in [-0.3, -0.25) is 0 Å². The van der Waals surface area contributed by atoms with E-state index < -0.39 is 5.41 Å². The fraction of sp³-hybridized carbons (Fsp3) is 0.0526. The Kier molecular flexibility index (Phi) is 5.13. The average molecular weight is 549 g/mol. The maximum atomic E-state index is 6.80. The molecule has 1 heterocycles. The van der Waals surface area contributed by atoms with Crippen LogP contribution < -0.4 is 0 Å². The standard InChI is InChI=1S/C38H25ClS/c1-3-4-5-10-23(2)24-15-17-27-26-11-6-8-13-30(26)38(32(27)21-24)31-19-20-35-37(29-12-7-9-14-34(29)40-35)36(31)28-18-16-25(39)22-33(28)38/h3-22H,2H2,1H3/b4-3-,10-5-. The van der Waals surface area contributed by atoms with Crippen molar-refractivity contribution in [3.63, 3.8) is 0 Å². The number of hydrogen-bond donors (Lipinski definition) is 0. The van der Waals surface area contributed by atoms with Gasteiger partial charge in [0, 0.05) is 25.2 Å². The lowest BCUT2D eigenvalue weighted by Gasteiger charge is -2.31. The Hall–Kier alpha value is -4.17. The maximum Gasteiger partial charge on any atom is 0.0726 e. The van der Waals surface area contributed by atoms with Gasteiger partial charge in [-0.1, -0.05) is 109 Å². The summed E-state index contributed by atoms with van der Waals surface area (Å²) in [5.74, 6) is 0. The highest BCUT2D eigenvalue weighted by Crippen LogP contribution is 2.64. The second-order valence-electron chi connectivity index (χ2n) is 10.6. The Morgan fingerprint density at radius 2 is 1.50 bits per heavy atom. The summed E-state index contributed by atoms with van der Waals surface area (Å²) in [7, 11) is 0. The molecule has 0 saturated heterocycles. The topological polar surface area (TPSA) is 0 Å². The zero-order valence-corrected chi connectivity index (χ0v) is 23.6. The third-order valence-electron chi connectivity index (χ3n) is 8.62. The minimum absolute atomic E-state index is 0.456. The van der Waals surface area contributed by atoms with Crippen molar-refractivity contribution in [2.75, 3.05) is 0 Å². The van der Waals surface area contributed by atoms with Crippen LogP contribution in [0.5, 0.6) is 0 Å². The monoisotopic (exact) mass is 548 g/mol. The maximum absolute atomic E-state index is 6.80. The van der Waals surface area contributed by atoms with E-state index in [2.05, 4.69) is 110 Å². The minimum Gasteiger partial charge on any atom is -0.135 e. The minimum atomic E-state index is -0.456. The Morgan fingerprint density at radius 3 is 2.40 bits per heavy atom. The molecule has 190 valence electrons. The van der Waals surface area contributed by atoms with Crippen molar-refractivity contribution in [2.45, 2.75) is 12.3 Å². The summed E-state index contributed by atoms with van der Waals surface area (Å²) in [6.45, 7) is 6.44. The lowest BCUT2D eigenvalue weighted by molar-refractivity contribution is 0.794. The zero-order valence-electron chi connectivity index (χ0n) is 22.0. The lowest BCUT2D eigenvalue weighted by atomic mass is 9.70. The molecule has 8 rings (SSSR count). The van der Waals surface area contributed by atoms with Gasteiger partial charge in [-0.05, 0) is 92.9 Å². The Bertz CT molecular complexity index is 2100. The Labute approximate surface area is 243 Å². The second kappa shape index (κ2) is 8.66. The molecular formula is C38H25ClS. The summed E-state index contributed by atoms with van der Waals surface area (Å²) in [4.78, 5) is 0. The van der Waals surface area contributed by atoms with Gasteiger partial charge in [0.05, 0.1) is 5.41 Å². The first-order valence-electron chi connectivity index (χ1n) is 13.6. The number of fused-ring (bicyclic) bond motifs is 14. The number of rotatable bonds is 3. The van der Waals surface area contributed by atoms with Crippen LogP contribution in [0.1, 0.15) is 34.7 Å². The van der Waals surface area contributed by atoms with E-state index in [4.69, 9.17) is 11.6 Å². The number of benzene rings is 5. The number of halogens is 1. The molecule has 0 fully saturated rings. The predicted molar refractivity (Wildman–Crippen MR) is 174 cm³/mol. The summed E-state index contributed by atoms with van der Waals surface area (Å²) in [6.07, 6.45) is 8.21. The molecule has 1 aromatic heterocycles. The SMILES string of the molecule is C=C(/C=C\C=C/C)c1ccc2c(c1)C1(c3ccccc3-2)c2cc(Cl)ccc2-c2c1ccc1sc3ccccc3c21. The van der Waals surface area contributed by atoms with Crippen LogP contribution in [-0.4, -0.2) is 0 Å². The summed E-state index contributed by atoms with van der Waals surface area (Å²) in [6, 6.07) is 35.8. The van der Waals surface area contributed by atoms with Crippen LogP contribution in [0.2, 0.25) is 5.02 Å². The van der Waals surface area contributed by atoms with Crippen molar-refractivity contribution in [3.05, 3.63) is 161 Å². The van der Waals surface area contributed by atoms with Crippen LogP contribution in [0.4, 0.5) is 0 Å². The summed E-state index contributed by atoms with van der Waals surface area (Å²) in [5, 5.41) is 3.43. The van der Waals surface area contributed by atoms with E-state index >= 15 is 0 Å². The van der Waals surface area contributed by atoms with E-state index in [0.29, 0.717) is 0 Å². The predicted octanol–water partition coefficient (Wildman–Crippen LogP) is 11.2. The van der Waals surface area contributed by atoms with Crippen LogP contribution in [-0.2, 0) is 5.41 Å². The number of thiophene rings is 1. The van der Waals surface area contributed by atoms with E-state index in [9.17, 15) is 0 Å². The van der Waals surface area contributed by atoms with Gasteiger partial charge in [-0.25, -0.2) is 0 Å². The van der Waals surface area contributed by atoms with E-state index in [1.54, 1.807) is 0 Å². The third-order valence-corrected chi connectivity index (χ3v) is 9.99. The molecule has 0 bridgehead atoms. The Balaban J connectivity index is 1.52. The van der Waals surface area contributed by atoms with Crippen LogP contribution in [0, 0.1) is 0 Å². The lowest BCUT2D eigenvalue weighted by Crippen LogP contribution is -2.26. The third kappa shape index (κ3) is 3.02. The largest absolute Gasteiger partial charge is 0.135 e. The molecule has 0 aliphatic heterocycles. The summed E-state index contributed by atoms with van der Waals surface area (Å²) >= 11 is 8.67. The van der Waals surface area contributed by atoms with Crippen molar-refractivity contribution in [2.24, 2.45) is 0 Å². The van der Waals surface area contributed by atoms with Gasteiger partial charge >= 0.3 is 0 Å². The smallest absolute Gasteiger partial charge is 0.0726 e. The molecular weight excluding hydrogens is 524 g/mol. The van der Waals surface area contributed by atoms with Crippen molar-refractivity contribution in [1.29, 1.82) is 0 Å². The molecule has 1 unspecified atom stereocenters. The van der Waals surface area contributed by atoms with Crippen molar-refractivity contribution < 1.29 is 0 Å². The second-order valence-corrected chi connectivity index (χ2v) is 12.1. The quantitative estimate of drug-likeness (QED) is 0.193. The molecule has 40 heavy (non-hydrogen) atoms. The van der Waals surface area contributed by atoms with Gasteiger partial charge in [0.25, 0.3) is 0 Å².